The summed E-state index contributed by atoms with van der Waals surface area (Å²) in [5.41, 5.74) is 2.66. The molecule has 0 N–H and O–H groups in total. The van der Waals surface area contributed by atoms with Gasteiger partial charge in [0.2, 0.25) is 0 Å². The van der Waals surface area contributed by atoms with Gasteiger partial charge in [-0.05, 0) is 43.2 Å². The van der Waals surface area contributed by atoms with Crippen LogP contribution >= 0.6 is 0 Å². The molecule has 2 heterocycles. The van der Waals surface area contributed by atoms with Crippen molar-refractivity contribution in [1.82, 2.24) is 4.57 Å². The second-order valence-corrected chi connectivity index (χ2v) is 5.21. The average Bonchev–Trinajstić information content (AvgIpc) is 2.76. The molecule has 0 fully saturated rings. The molecule has 19 heavy (non-hydrogen) atoms. The fourth-order valence-electron chi connectivity index (χ4n) is 3.04. The number of aromatic nitrogens is 1. The van der Waals surface area contributed by atoms with Crippen LogP contribution in [-0.2, 0) is 22.5 Å². The number of rotatable bonds is 3. The smallest absolute Gasteiger partial charge is 0.306 e. The van der Waals surface area contributed by atoms with Crippen LogP contribution in [0, 0.1) is 5.92 Å². The summed E-state index contributed by atoms with van der Waals surface area (Å²) in [6.45, 7) is 3.34. The minimum atomic E-state index is -0.0583. The number of fused-ring (bicyclic) bond motifs is 3. The Bertz CT molecular complexity index is 600. The van der Waals surface area contributed by atoms with Crippen LogP contribution in [-0.4, -0.2) is 17.1 Å². The van der Waals surface area contributed by atoms with Gasteiger partial charge in [0.15, 0.2) is 0 Å². The lowest BCUT2D eigenvalue weighted by Gasteiger charge is -2.24. The number of ether oxygens (including phenoxy) is 1. The normalized spacial score (nSPS) is 18.3. The molecule has 0 spiro atoms. The van der Waals surface area contributed by atoms with E-state index in [1.807, 2.05) is 6.92 Å². The zero-order valence-corrected chi connectivity index (χ0v) is 11.3. The third-order valence-electron chi connectivity index (χ3n) is 3.92. The topological polar surface area (TPSA) is 31.2 Å². The Morgan fingerprint density at radius 3 is 3.11 bits per heavy atom. The van der Waals surface area contributed by atoms with Gasteiger partial charge >= 0.3 is 5.97 Å². The molecule has 1 aromatic carbocycles. The van der Waals surface area contributed by atoms with E-state index in [4.69, 9.17) is 4.74 Å². The van der Waals surface area contributed by atoms with Gasteiger partial charge in [0, 0.05) is 24.2 Å². The highest BCUT2D eigenvalue weighted by atomic mass is 16.5. The third-order valence-corrected chi connectivity index (χ3v) is 3.92. The maximum atomic E-state index is 11.6. The Kier molecular flexibility index (Phi) is 3.28. The second-order valence-electron chi connectivity index (χ2n) is 5.21. The van der Waals surface area contributed by atoms with Crippen LogP contribution in [0.3, 0.4) is 0 Å². The van der Waals surface area contributed by atoms with Gasteiger partial charge in [-0.15, -0.1) is 0 Å². The van der Waals surface area contributed by atoms with Crippen molar-refractivity contribution in [3.8, 4) is 0 Å². The zero-order valence-electron chi connectivity index (χ0n) is 11.3. The molecule has 100 valence electrons. The molecule has 2 aromatic rings. The summed E-state index contributed by atoms with van der Waals surface area (Å²) in [4.78, 5) is 11.6. The van der Waals surface area contributed by atoms with E-state index in [1.54, 1.807) is 0 Å². The van der Waals surface area contributed by atoms with Gasteiger partial charge in [0.05, 0.1) is 6.61 Å². The Morgan fingerprint density at radius 1 is 1.42 bits per heavy atom. The maximum Gasteiger partial charge on any atom is 0.306 e. The highest BCUT2D eigenvalue weighted by Crippen LogP contribution is 2.29. The van der Waals surface area contributed by atoms with Crippen molar-refractivity contribution in [2.24, 2.45) is 5.92 Å². The number of benzene rings is 1. The van der Waals surface area contributed by atoms with Crippen molar-refractivity contribution in [3.05, 3.63) is 36.0 Å². The van der Waals surface area contributed by atoms with E-state index in [9.17, 15) is 4.79 Å². The lowest BCUT2D eigenvalue weighted by Crippen LogP contribution is -2.22. The summed E-state index contributed by atoms with van der Waals surface area (Å²) in [7, 11) is 0. The minimum Gasteiger partial charge on any atom is -0.466 e. The van der Waals surface area contributed by atoms with Crippen molar-refractivity contribution in [3.63, 3.8) is 0 Å². The first-order valence-corrected chi connectivity index (χ1v) is 7.00. The molecule has 3 heteroatoms. The molecular formula is C16H19NO2. The summed E-state index contributed by atoms with van der Waals surface area (Å²) >= 11 is 0. The molecule has 0 amide bonds. The van der Waals surface area contributed by atoms with Crippen LogP contribution in [0.4, 0.5) is 0 Å². The van der Waals surface area contributed by atoms with Crippen molar-refractivity contribution < 1.29 is 9.53 Å². The van der Waals surface area contributed by atoms with E-state index in [1.165, 1.54) is 16.6 Å². The molecular weight excluding hydrogens is 238 g/mol. The zero-order chi connectivity index (χ0) is 13.2. The largest absolute Gasteiger partial charge is 0.466 e. The van der Waals surface area contributed by atoms with E-state index in [0.29, 0.717) is 18.9 Å². The first-order chi connectivity index (χ1) is 9.28. The molecule has 1 aromatic heterocycles. The predicted octanol–water partition coefficient (Wildman–Crippen LogP) is 3.16. The van der Waals surface area contributed by atoms with Crippen LogP contribution < -0.4 is 0 Å². The average molecular weight is 257 g/mol. The highest BCUT2D eigenvalue weighted by molar-refractivity contribution is 5.81. The van der Waals surface area contributed by atoms with Crippen LogP contribution in [0.2, 0.25) is 0 Å². The molecule has 1 aliphatic heterocycles. The number of carbonyl (C=O) groups excluding carboxylic acids is 1. The maximum absolute atomic E-state index is 11.6. The van der Waals surface area contributed by atoms with Crippen molar-refractivity contribution in [1.29, 1.82) is 0 Å². The summed E-state index contributed by atoms with van der Waals surface area (Å²) < 4.78 is 7.43. The predicted molar refractivity (Wildman–Crippen MR) is 75.0 cm³/mol. The van der Waals surface area contributed by atoms with E-state index < -0.39 is 0 Å². The first-order valence-electron chi connectivity index (χ1n) is 7.00. The lowest BCUT2D eigenvalue weighted by atomic mass is 9.93. The second kappa shape index (κ2) is 5.08. The number of hydrogen-bond acceptors (Lipinski definition) is 2. The Morgan fingerprint density at radius 2 is 2.26 bits per heavy atom. The van der Waals surface area contributed by atoms with Gasteiger partial charge < -0.3 is 9.30 Å². The lowest BCUT2D eigenvalue weighted by molar-refractivity contribution is -0.144. The summed E-state index contributed by atoms with van der Waals surface area (Å²) in [5, 5.41) is 1.30. The summed E-state index contributed by atoms with van der Waals surface area (Å²) in [6, 6.07) is 10.7. The van der Waals surface area contributed by atoms with Gasteiger partial charge in [-0.3, -0.25) is 4.79 Å². The number of hydrogen-bond donors (Lipinski definition) is 0. The summed E-state index contributed by atoms with van der Waals surface area (Å²) in [6.07, 6.45) is 2.59. The number of aryl methyl sites for hydroxylation is 1. The number of nitrogens with zero attached hydrogens (tertiary/aromatic N) is 1. The molecule has 3 rings (SSSR count). The Labute approximate surface area is 113 Å². The monoisotopic (exact) mass is 257 g/mol. The van der Waals surface area contributed by atoms with Crippen molar-refractivity contribution >= 4 is 16.9 Å². The minimum absolute atomic E-state index is 0.0583. The molecule has 0 saturated carbocycles. The molecule has 1 atom stereocenters. The highest BCUT2D eigenvalue weighted by Gasteiger charge is 2.22. The number of esters is 1. The van der Waals surface area contributed by atoms with Gasteiger partial charge in [0.1, 0.15) is 0 Å². The molecule has 0 unspecified atom stereocenters. The molecule has 0 radical (unpaired) electrons. The van der Waals surface area contributed by atoms with E-state index in [0.717, 1.165) is 19.4 Å². The van der Waals surface area contributed by atoms with Crippen molar-refractivity contribution in [2.45, 2.75) is 32.7 Å². The van der Waals surface area contributed by atoms with E-state index in [-0.39, 0.29) is 5.97 Å². The molecule has 0 saturated heterocycles. The fraction of sp³-hybridized carbons (Fsp3) is 0.438. The standard InChI is InChI=1S/C16H19NO2/c1-2-19-16(18)10-12-7-8-17-14(9-12)11-13-5-3-4-6-15(13)17/h3-6,11-12H,2,7-10H2,1H3/t12-/m0/s1. The van der Waals surface area contributed by atoms with Crippen LogP contribution in [0.25, 0.3) is 10.9 Å². The first kappa shape index (κ1) is 12.3. The van der Waals surface area contributed by atoms with Crippen molar-refractivity contribution in [2.75, 3.05) is 6.61 Å². The molecule has 1 aliphatic rings. The Hall–Kier alpha value is -1.77. The number of carbonyl (C=O) groups is 1. The molecule has 3 nitrogen and oxygen atoms in total. The number of para-hydroxylation sites is 1. The van der Waals surface area contributed by atoms with E-state index >= 15 is 0 Å². The van der Waals surface area contributed by atoms with Crippen LogP contribution in [0.5, 0.6) is 0 Å². The van der Waals surface area contributed by atoms with Crippen LogP contribution in [0.15, 0.2) is 30.3 Å². The SMILES string of the molecule is CCOC(=O)C[C@H]1CCn2c(cc3ccccc32)C1. The molecule has 0 aliphatic carbocycles. The van der Waals surface area contributed by atoms with Gasteiger partial charge in [-0.1, -0.05) is 18.2 Å². The fourth-order valence-corrected chi connectivity index (χ4v) is 3.04. The van der Waals surface area contributed by atoms with Crippen LogP contribution in [0.1, 0.15) is 25.5 Å². The Balaban J connectivity index is 1.78. The van der Waals surface area contributed by atoms with E-state index in [2.05, 4.69) is 34.9 Å². The summed E-state index contributed by atoms with van der Waals surface area (Å²) in [5.74, 6) is 0.368. The quantitative estimate of drug-likeness (QED) is 0.791. The van der Waals surface area contributed by atoms with Gasteiger partial charge in [-0.2, -0.15) is 0 Å². The van der Waals surface area contributed by atoms with Gasteiger partial charge in [-0.25, -0.2) is 0 Å². The van der Waals surface area contributed by atoms with Gasteiger partial charge in [0.25, 0.3) is 0 Å². The molecule has 0 bridgehead atoms. The third kappa shape index (κ3) is 2.37.